The Balaban J connectivity index is 0.785. The number of carbonyl (C=O) groups is 2. The topological polar surface area (TPSA) is 155 Å². The first-order valence-electron chi connectivity index (χ1n) is 21.7. The molecule has 0 radical (unpaired) electrons. The van der Waals surface area contributed by atoms with Crippen molar-refractivity contribution in [3.8, 4) is 5.75 Å². The van der Waals surface area contributed by atoms with Crippen LogP contribution in [0.2, 0.25) is 5.02 Å². The van der Waals surface area contributed by atoms with E-state index in [0.29, 0.717) is 54.7 Å². The molecule has 0 spiro atoms. The Morgan fingerprint density at radius 1 is 0.968 bits per heavy atom. The maximum Gasteiger partial charge on any atom is 0.301 e. The Morgan fingerprint density at radius 2 is 1.76 bits per heavy atom. The molecule has 2 amide bonds. The molecule has 3 aromatic heterocycles. The van der Waals surface area contributed by atoms with Crippen LogP contribution in [-0.2, 0) is 23.7 Å². The summed E-state index contributed by atoms with van der Waals surface area (Å²) in [6.45, 7) is 6.44. The average molecular weight is 888 g/mol. The second-order valence-electron chi connectivity index (χ2n) is 17.9. The number of hydrogen-bond donors (Lipinski definition) is 3. The van der Waals surface area contributed by atoms with Gasteiger partial charge in [0, 0.05) is 88.4 Å². The lowest BCUT2D eigenvalue weighted by Crippen LogP contribution is -2.53. The van der Waals surface area contributed by atoms with E-state index in [1.807, 2.05) is 11.7 Å². The number of ether oxygens (including phenoxy) is 1. The molecule has 10 rings (SSSR count). The quantitative estimate of drug-likeness (QED) is 0.159. The number of nitrogens with one attached hydrogen (secondary N) is 3. The zero-order valence-electron chi connectivity index (χ0n) is 35.3. The number of fused-ring (bicyclic) bond motifs is 4. The van der Waals surface area contributed by atoms with Gasteiger partial charge in [0.25, 0.3) is 5.56 Å². The number of piperazine rings is 1. The van der Waals surface area contributed by atoms with Gasteiger partial charge in [-0.15, -0.1) is 0 Å². The van der Waals surface area contributed by atoms with Crippen molar-refractivity contribution in [1.82, 2.24) is 34.5 Å². The second kappa shape index (κ2) is 15.9. The first-order valence-corrected chi connectivity index (χ1v) is 22.1. The molecule has 1 saturated carbocycles. The summed E-state index contributed by atoms with van der Waals surface area (Å²) in [5.74, 6) is -4.22. The Bertz CT molecular complexity index is 2720. The monoisotopic (exact) mass is 887 g/mol. The fourth-order valence-electron chi connectivity index (χ4n) is 9.87. The number of aryl methyl sites for hydroxylation is 2. The van der Waals surface area contributed by atoms with Crippen LogP contribution < -0.4 is 36.0 Å². The maximum absolute atomic E-state index is 15.8. The molecular weight excluding hydrogens is 839 g/mol. The molecule has 1 aliphatic carbocycles. The molecule has 332 valence electrons. The number of alkyl halides is 2. The molecule has 3 atom stereocenters. The molecule has 15 nitrogen and oxygen atoms in total. The Labute approximate surface area is 365 Å². The van der Waals surface area contributed by atoms with Gasteiger partial charge in [-0.3, -0.25) is 29.3 Å². The number of nitrogens with zero attached hydrogens (tertiary/aromatic N) is 8. The molecule has 4 aliphatic heterocycles. The standard InChI is InChI=1S/C44H49ClF3N11O4/c1-23-20-59(26-6-7-27-34(16-26)56(3)54-36(27)28-8-9-35(60)51-41(28)61)15-14-58(23)21-24-10-12-57(13-11-24)43-49-19-30(45)40(53-43)50-32-17-29-33(18-31(32)46)55(2)42(62)38-37(29)52-39(25-4-5-25)44(47,48)22-63-38/h6-7,16-19,23-25,28,39,52H,4-5,8-15,20-22H2,1-3H3,(H,49,50,53)(H,51,60,61)/t23-,28?,39+/m1/s1. The van der Waals surface area contributed by atoms with Gasteiger partial charge < -0.3 is 29.7 Å². The fourth-order valence-corrected chi connectivity index (χ4v) is 10.0. The number of amides is 2. The first-order chi connectivity index (χ1) is 30.2. The number of halogens is 4. The molecule has 5 aromatic rings. The van der Waals surface area contributed by atoms with E-state index in [1.54, 1.807) is 0 Å². The molecule has 0 bridgehead atoms. The van der Waals surface area contributed by atoms with Crippen molar-refractivity contribution < 1.29 is 27.5 Å². The van der Waals surface area contributed by atoms with Crippen molar-refractivity contribution in [2.24, 2.45) is 25.9 Å². The highest BCUT2D eigenvalue weighted by Crippen LogP contribution is 2.46. The summed E-state index contributed by atoms with van der Waals surface area (Å²) in [5.41, 5.74) is 2.48. The van der Waals surface area contributed by atoms with Crippen molar-refractivity contribution in [2.75, 3.05) is 66.3 Å². The summed E-state index contributed by atoms with van der Waals surface area (Å²) < 4.78 is 54.6. The van der Waals surface area contributed by atoms with E-state index < -0.39 is 35.9 Å². The van der Waals surface area contributed by atoms with Gasteiger partial charge in [-0.2, -0.15) is 10.1 Å². The molecule has 4 fully saturated rings. The van der Waals surface area contributed by atoms with E-state index in [4.69, 9.17) is 26.4 Å². The fraction of sp³-hybridized carbons (Fsp3) is 0.500. The third-order valence-electron chi connectivity index (χ3n) is 13.6. The number of aromatic nitrogens is 5. The third-order valence-corrected chi connectivity index (χ3v) is 13.9. The van der Waals surface area contributed by atoms with Crippen LogP contribution in [0.1, 0.15) is 57.1 Å². The lowest BCUT2D eigenvalue weighted by Gasteiger charge is -2.43. The Hall–Kier alpha value is -5.62. The summed E-state index contributed by atoms with van der Waals surface area (Å²) in [7, 11) is 3.34. The largest absolute Gasteiger partial charge is 0.480 e. The van der Waals surface area contributed by atoms with Gasteiger partial charge in [0.2, 0.25) is 23.5 Å². The average Bonchev–Trinajstić information content (AvgIpc) is 4.07. The highest BCUT2D eigenvalue weighted by molar-refractivity contribution is 6.33. The van der Waals surface area contributed by atoms with Gasteiger partial charge in [-0.1, -0.05) is 11.6 Å². The number of benzene rings is 2. The molecule has 3 saturated heterocycles. The zero-order valence-corrected chi connectivity index (χ0v) is 36.0. The highest BCUT2D eigenvalue weighted by Gasteiger charge is 2.51. The van der Waals surface area contributed by atoms with Gasteiger partial charge in [0.05, 0.1) is 46.3 Å². The van der Waals surface area contributed by atoms with Crippen LogP contribution in [-0.4, -0.2) is 105 Å². The van der Waals surface area contributed by atoms with Crippen molar-refractivity contribution >= 4 is 74.0 Å². The molecule has 2 aromatic carbocycles. The predicted molar refractivity (Wildman–Crippen MR) is 234 cm³/mol. The summed E-state index contributed by atoms with van der Waals surface area (Å²) >= 11 is 6.57. The minimum atomic E-state index is -3.21. The normalized spacial score (nSPS) is 23.3. The Kier molecular flexibility index (Phi) is 10.4. The van der Waals surface area contributed by atoms with Crippen LogP contribution in [0.15, 0.2) is 41.3 Å². The lowest BCUT2D eigenvalue weighted by atomic mass is 9.92. The van der Waals surface area contributed by atoms with Crippen LogP contribution in [0, 0.1) is 17.7 Å². The number of carbonyl (C=O) groups excluding carboxylic acids is 2. The Morgan fingerprint density at radius 3 is 2.51 bits per heavy atom. The van der Waals surface area contributed by atoms with Crippen LogP contribution in [0.25, 0.3) is 21.8 Å². The lowest BCUT2D eigenvalue weighted by molar-refractivity contribution is -0.134. The minimum absolute atomic E-state index is 0.0000433. The zero-order chi connectivity index (χ0) is 43.9. The van der Waals surface area contributed by atoms with Gasteiger partial charge >= 0.3 is 5.92 Å². The van der Waals surface area contributed by atoms with Crippen LogP contribution in [0.3, 0.4) is 0 Å². The van der Waals surface area contributed by atoms with Gasteiger partial charge in [-0.05, 0) is 75.1 Å². The van der Waals surface area contributed by atoms with Crippen LogP contribution in [0.5, 0.6) is 5.75 Å². The SMILES string of the molecule is C[C@@H]1CN(c2ccc3c(C4CCC(=O)NC4=O)nn(C)c3c2)CCN1CC1CCN(c2ncc(Cl)c(Nc3cc4c5c(c(=O)n(C)c4cc3F)OCC(F)(F)[C@H](C3CC3)N5)n2)CC1. The van der Waals surface area contributed by atoms with Crippen molar-refractivity contribution in [2.45, 2.75) is 69.4 Å². The van der Waals surface area contributed by atoms with Gasteiger partial charge in [0.15, 0.2) is 12.4 Å². The van der Waals surface area contributed by atoms with E-state index in [1.165, 1.54) is 29.9 Å². The second-order valence-corrected chi connectivity index (χ2v) is 18.3. The van der Waals surface area contributed by atoms with Gasteiger partial charge in [0.1, 0.15) is 10.8 Å². The summed E-state index contributed by atoms with van der Waals surface area (Å²) in [6.07, 6.45) is 5.41. The predicted octanol–water partition coefficient (Wildman–Crippen LogP) is 5.92. The van der Waals surface area contributed by atoms with Crippen LogP contribution >= 0.6 is 11.6 Å². The number of hydrogen-bond acceptors (Lipinski definition) is 12. The van der Waals surface area contributed by atoms with E-state index in [-0.39, 0.29) is 51.2 Å². The maximum atomic E-state index is 15.8. The number of piperidine rings is 2. The minimum Gasteiger partial charge on any atom is -0.480 e. The number of rotatable bonds is 8. The van der Waals surface area contributed by atoms with Crippen LogP contribution in [0.4, 0.5) is 42.0 Å². The first kappa shape index (κ1) is 41.4. The van der Waals surface area contributed by atoms with Gasteiger partial charge in [-0.25, -0.2) is 18.2 Å². The van der Waals surface area contributed by atoms with Crippen molar-refractivity contribution in [3.05, 3.63) is 63.4 Å². The molecule has 7 heterocycles. The molecule has 3 N–H and O–H groups in total. The number of pyridine rings is 1. The van der Waals surface area contributed by atoms with E-state index >= 15 is 13.2 Å². The van der Waals surface area contributed by atoms with E-state index in [2.05, 4.69) is 60.8 Å². The molecule has 19 heteroatoms. The highest BCUT2D eigenvalue weighted by atomic mass is 35.5. The number of anilines is 5. The molecule has 63 heavy (non-hydrogen) atoms. The van der Waals surface area contributed by atoms with E-state index in [0.717, 1.165) is 68.7 Å². The number of imide groups is 1. The molecule has 1 unspecified atom stereocenters. The van der Waals surface area contributed by atoms with Crippen molar-refractivity contribution in [3.63, 3.8) is 0 Å². The summed E-state index contributed by atoms with van der Waals surface area (Å²) in [5, 5.41) is 14.6. The molecular formula is C44H49ClF3N11O4. The molecule has 5 aliphatic rings. The summed E-state index contributed by atoms with van der Waals surface area (Å²) in [4.78, 5) is 53.9. The summed E-state index contributed by atoms with van der Waals surface area (Å²) in [6, 6.07) is 8.07. The van der Waals surface area contributed by atoms with Crippen molar-refractivity contribution in [1.29, 1.82) is 0 Å². The third kappa shape index (κ3) is 7.68. The smallest absolute Gasteiger partial charge is 0.301 e. The van der Waals surface area contributed by atoms with E-state index in [9.17, 15) is 14.4 Å².